The Morgan fingerprint density at radius 3 is 2.82 bits per heavy atom. The van der Waals surface area contributed by atoms with Crippen LogP contribution in [0.2, 0.25) is 0 Å². The molecule has 5 nitrogen and oxygen atoms in total. The monoisotopic (exact) mass is 302 g/mol. The summed E-state index contributed by atoms with van der Waals surface area (Å²) < 4.78 is 5.41. The van der Waals surface area contributed by atoms with Crippen LogP contribution in [0.15, 0.2) is 6.07 Å². The SMILES string of the molecule is CCNCC1CCc2c(cc(OC)c3c2CCC(=O)N3)C1=O. The first-order chi connectivity index (χ1) is 10.7. The molecule has 118 valence electrons. The van der Waals surface area contributed by atoms with E-state index in [0.717, 1.165) is 48.3 Å². The minimum absolute atomic E-state index is 0.0120. The molecule has 22 heavy (non-hydrogen) atoms. The second kappa shape index (κ2) is 6.08. The van der Waals surface area contributed by atoms with Crippen LogP contribution in [0.5, 0.6) is 5.75 Å². The van der Waals surface area contributed by atoms with E-state index >= 15 is 0 Å². The molecule has 0 fully saturated rings. The number of ether oxygens (including phenoxy) is 1. The quantitative estimate of drug-likeness (QED) is 0.892. The molecule has 1 amide bonds. The average molecular weight is 302 g/mol. The normalized spacial score (nSPS) is 20.2. The van der Waals surface area contributed by atoms with Gasteiger partial charge in [0.15, 0.2) is 5.78 Å². The van der Waals surface area contributed by atoms with E-state index in [4.69, 9.17) is 4.74 Å². The van der Waals surface area contributed by atoms with Crippen molar-refractivity contribution < 1.29 is 14.3 Å². The molecule has 0 saturated heterocycles. The largest absolute Gasteiger partial charge is 0.495 e. The second-order valence-electron chi connectivity index (χ2n) is 5.91. The third-order valence-electron chi connectivity index (χ3n) is 4.62. The van der Waals surface area contributed by atoms with Crippen molar-refractivity contribution >= 4 is 17.4 Å². The summed E-state index contributed by atoms with van der Waals surface area (Å²) >= 11 is 0. The predicted octanol–water partition coefficient (Wildman–Crippen LogP) is 1.93. The molecular formula is C17H22N2O3. The first-order valence-corrected chi connectivity index (χ1v) is 7.93. The standard InChI is InChI=1S/C17H22N2O3/c1-3-18-9-10-4-5-11-12-6-7-15(20)19-16(12)14(22-2)8-13(11)17(10)21/h8,10,18H,3-7,9H2,1-2H3,(H,19,20). The number of anilines is 1. The van der Waals surface area contributed by atoms with Crippen LogP contribution in [0.4, 0.5) is 5.69 Å². The summed E-state index contributed by atoms with van der Waals surface area (Å²) in [5.41, 5.74) is 3.73. The molecule has 1 aliphatic heterocycles. The number of fused-ring (bicyclic) bond motifs is 3. The second-order valence-corrected chi connectivity index (χ2v) is 5.91. The number of nitrogens with one attached hydrogen (secondary N) is 2. The van der Waals surface area contributed by atoms with Crippen LogP contribution in [0.1, 0.15) is 41.3 Å². The number of ketones is 1. The van der Waals surface area contributed by atoms with Gasteiger partial charge in [-0.1, -0.05) is 6.92 Å². The number of rotatable bonds is 4. The molecule has 1 aromatic rings. The van der Waals surface area contributed by atoms with Crippen molar-refractivity contribution in [1.29, 1.82) is 0 Å². The van der Waals surface area contributed by atoms with Crippen molar-refractivity contribution in [1.82, 2.24) is 5.32 Å². The van der Waals surface area contributed by atoms with Crippen LogP contribution in [0, 0.1) is 5.92 Å². The molecule has 1 aliphatic carbocycles. The molecule has 0 aromatic heterocycles. The zero-order valence-electron chi connectivity index (χ0n) is 13.1. The highest BCUT2D eigenvalue weighted by Crippen LogP contribution is 2.40. The Labute approximate surface area is 130 Å². The highest BCUT2D eigenvalue weighted by atomic mass is 16.5. The van der Waals surface area contributed by atoms with E-state index in [1.807, 2.05) is 6.92 Å². The van der Waals surface area contributed by atoms with Gasteiger partial charge in [0.05, 0.1) is 12.8 Å². The van der Waals surface area contributed by atoms with Gasteiger partial charge in [-0.05, 0) is 43.0 Å². The Hall–Kier alpha value is -1.88. The molecule has 3 rings (SSSR count). The molecule has 0 spiro atoms. The molecule has 5 heteroatoms. The lowest BCUT2D eigenvalue weighted by atomic mass is 9.78. The van der Waals surface area contributed by atoms with E-state index in [0.29, 0.717) is 18.6 Å². The molecule has 1 heterocycles. The Bertz CT molecular complexity index is 625. The zero-order chi connectivity index (χ0) is 15.7. The van der Waals surface area contributed by atoms with E-state index in [1.54, 1.807) is 13.2 Å². The molecule has 1 aromatic carbocycles. The third-order valence-corrected chi connectivity index (χ3v) is 4.62. The van der Waals surface area contributed by atoms with Gasteiger partial charge in [-0.3, -0.25) is 9.59 Å². The van der Waals surface area contributed by atoms with Crippen molar-refractivity contribution in [2.75, 3.05) is 25.5 Å². The van der Waals surface area contributed by atoms with Crippen LogP contribution < -0.4 is 15.4 Å². The van der Waals surface area contributed by atoms with Crippen molar-refractivity contribution in [2.45, 2.75) is 32.6 Å². The fourth-order valence-corrected chi connectivity index (χ4v) is 3.46. The van der Waals surface area contributed by atoms with Crippen LogP contribution in [-0.4, -0.2) is 31.9 Å². The van der Waals surface area contributed by atoms with Crippen molar-refractivity contribution in [3.63, 3.8) is 0 Å². The number of methoxy groups -OCH3 is 1. The van der Waals surface area contributed by atoms with Crippen molar-refractivity contribution in [3.05, 3.63) is 22.8 Å². The van der Waals surface area contributed by atoms with E-state index < -0.39 is 0 Å². The number of hydrogen-bond donors (Lipinski definition) is 2. The lowest BCUT2D eigenvalue weighted by Crippen LogP contribution is -2.33. The van der Waals surface area contributed by atoms with Gasteiger partial charge in [-0.2, -0.15) is 0 Å². The van der Waals surface area contributed by atoms with Gasteiger partial charge in [0.1, 0.15) is 5.75 Å². The summed E-state index contributed by atoms with van der Waals surface area (Å²) in [4.78, 5) is 24.4. The lowest BCUT2D eigenvalue weighted by Gasteiger charge is -2.29. The van der Waals surface area contributed by atoms with E-state index in [9.17, 15) is 9.59 Å². The van der Waals surface area contributed by atoms with Crippen LogP contribution in [0.3, 0.4) is 0 Å². The van der Waals surface area contributed by atoms with Gasteiger partial charge in [-0.25, -0.2) is 0 Å². The summed E-state index contributed by atoms with van der Waals surface area (Å²) in [6.45, 7) is 3.64. The Morgan fingerprint density at radius 2 is 2.09 bits per heavy atom. The maximum atomic E-state index is 12.8. The zero-order valence-corrected chi connectivity index (χ0v) is 13.1. The molecule has 0 saturated carbocycles. The molecule has 2 aliphatic rings. The van der Waals surface area contributed by atoms with Crippen LogP contribution >= 0.6 is 0 Å². The summed E-state index contributed by atoms with van der Waals surface area (Å²) in [7, 11) is 1.58. The highest BCUT2D eigenvalue weighted by Gasteiger charge is 2.32. The summed E-state index contributed by atoms with van der Waals surface area (Å²) in [6, 6.07) is 1.81. The van der Waals surface area contributed by atoms with Gasteiger partial charge >= 0.3 is 0 Å². The smallest absolute Gasteiger partial charge is 0.224 e. The first kappa shape index (κ1) is 15.0. The molecule has 0 radical (unpaired) electrons. The van der Waals surface area contributed by atoms with E-state index in [1.165, 1.54) is 0 Å². The fraction of sp³-hybridized carbons (Fsp3) is 0.529. The number of Topliss-reactive ketones (excluding diaryl/α,β-unsaturated/α-hetero) is 1. The molecule has 0 bridgehead atoms. The fourth-order valence-electron chi connectivity index (χ4n) is 3.46. The van der Waals surface area contributed by atoms with Crippen LogP contribution in [-0.2, 0) is 17.6 Å². The minimum atomic E-state index is 0.0120. The molecule has 2 N–H and O–H groups in total. The number of carbonyl (C=O) groups excluding carboxylic acids is 2. The summed E-state index contributed by atoms with van der Waals surface area (Å²) in [5.74, 6) is 0.839. The van der Waals surface area contributed by atoms with Gasteiger partial charge in [-0.15, -0.1) is 0 Å². The van der Waals surface area contributed by atoms with Crippen LogP contribution in [0.25, 0.3) is 0 Å². The number of benzene rings is 1. The maximum Gasteiger partial charge on any atom is 0.224 e. The van der Waals surface area contributed by atoms with Gasteiger partial charge in [0.2, 0.25) is 5.91 Å². The number of carbonyl (C=O) groups is 2. The first-order valence-electron chi connectivity index (χ1n) is 7.93. The minimum Gasteiger partial charge on any atom is -0.495 e. The Morgan fingerprint density at radius 1 is 1.27 bits per heavy atom. The van der Waals surface area contributed by atoms with Crippen molar-refractivity contribution in [3.8, 4) is 5.75 Å². The average Bonchev–Trinajstić information content (AvgIpc) is 2.53. The van der Waals surface area contributed by atoms with E-state index in [2.05, 4.69) is 10.6 Å². The Kier molecular flexibility index (Phi) is 4.16. The predicted molar refractivity (Wildman–Crippen MR) is 84.6 cm³/mol. The maximum absolute atomic E-state index is 12.8. The van der Waals surface area contributed by atoms with E-state index in [-0.39, 0.29) is 17.6 Å². The lowest BCUT2D eigenvalue weighted by molar-refractivity contribution is -0.116. The summed E-state index contributed by atoms with van der Waals surface area (Å²) in [5, 5.41) is 6.17. The third kappa shape index (κ3) is 2.50. The number of amides is 1. The topological polar surface area (TPSA) is 67.4 Å². The highest BCUT2D eigenvalue weighted by molar-refractivity contribution is 6.04. The molecular weight excluding hydrogens is 280 g/mol. The summed E-state index contributed by atoms with van der Waals surface area (Å²) in [6.07, 6.45) is 2.92. The van der Waals surface area contributed by atoms with Crippen molar-refractivity contribution in [2.24, 2.45) is 5.92 Å². The van der Waals surface area contributed by atoms with Gasteiger partial charge in [0.25, 0.3) is 0 Å². The Balaban J connectivity index is 2.02. The molecule has 1 unspecified atom stereocenters. The van der Waals surface area contributed by atoms with Gasteiger partial charge < -0.3 is 15.4 Å². The number of hydrogen-bond acceptors (Lipinski definition) is 4. The molecule has 1 atom stereocenters. The van der Waals surface area contributed by atoms with Gasteiger partial charge in [0, 0.05) is 24.4 Å².